The van der Waals surface area contributed by atoms with E-state index in [0.29, 0.717) is 0 Å². The molecule has 7 heteroatoms. The summed E-state index contributed by atoms with van der Waals surface area (Å²) in [6, 6.07) is 0. The van der Waals surface area contributed by atoms with Crippen molar-refractivity contribution < 1.29 is 32.9 Å². The normalized spacial score (nSPS) is 8.57. The van der Waals surface area contributed by atoms with Gasteiger partial charge in [0, 0.05) is 0 Å². The summed E-state index contributed by atoms with van der Waals surface area (Å²) in [6.45, 7) is 0. The summed E-state index contributed by atoms with van der Waals surface area (Å²) >= 11 is -5.00. The molecule has 0 saturated heterocycles. The van der Waals surface area contributed by atoms with Crippen LogP contribution in [0, 0.1) is 0 Å². The first-order valence-corrected chi connectivity index (χ1v) is 3.69. The van der Waals surface area contributed by atoms with E-state index in [1.165, 1.54) is 0 Å². The molecular weight excluding hydrogens is 256 g/mol. The molecule has 0 spiro atoms. The molecule has 0 aromatic carbocycles. The molecule has 4 nitrogen and oxygen atoms in total. The summed E-state index contributed by atoms with van der Waals surface area (Å²) in [5.41, 5.74) is 0. The van der Waals surface area contributed by atoms with Crippen LogP contribution in [0.15, 0.2) is 0 Å². The fourth-order valence-electron chi connectivity index (χ4n) is 0. The molecule has 0 fully saturated rings. The summed E-state index contributed by atoms with van der Waals surface area (Å²) in [4.78, 5) is 0. The van der Waals surface area contributed by atoms with Crippen molar-refractivity contribution in [1.29, 1.82) is 0 Å². The van der Waals surface area contributed by atoms with Crippen LogP contribution in [0.3, 0.4) is 0 Å². The zero-order chi connectivity index (χ0) is 4.50. The second-order valence-corrected chi connectivity index (χ2v) is 2.47. The van der Waals surface area contributed by atoms with Crippen molar-refractivity contribution in [2.24, 2.45) is 0 Å². The fraction of sp³-hybridized carbons (Fsp3) is 0. The Labute approximate surface area is 98.4 Å². The average Bonchev–Trinajstić information content (AvgIpc) is 0.722. The molecule has 38 valence electrons. The zero-order valence-electron chi connectivity index (χ0n) is 2.29. The number of rotatable bonds is 0. The molecule has 7 heavy (non-hydrogen) atoms. The summed E-state index contributed by atoms with van der Waals surface area (Å²) in [7, 11) is 0. The van der Waals surface area contributed by atoms with E-state index >= 15 is 0 Å². The predicted octanol–water partition coefficient (Wildman–Crippen LogP) is -3.80. The van der Waals surface area contributed by atoms with E-state index < -0.39 is 18.1 Å². The molecule has 0 saturated carbocycles. The van der Waals surface area contributed by atoms with Gasteiger partial charge in [0.2, 0.25) is 0 Å². The van der Waals surface area contributed by atoms with Crippen LogP contribution < -0.4 is 0 Å². The van der Waals surface area contributed by atoms with Gasteiger partial charge in [0.15, 0.2) is 0 Å². The standard InChI is InChI=1S/Ba.Li.4H2O.Ti.3H/h;;4*1H2;;;;/q;;;;;;+4;;;/p-4. The van der Waals surface area contributed by atoms with Crippen LogP contribution >= 0.6 is 0 Å². The van der Waals surface area contributed by atoms with E-state index in [9.17, 15) is 0 Å². The fourth-order valence-corrected chi connectivity index (χ4v) is 0. The van der Waals surface area contributed by atoms with Gasteiger partial charge < -0.3 is 0 Å². The van der Waals surface area contributed by atoms with Gasteiger partial charge in [-0.3, -0.25) is 0 Å². The Morgan fingerprint density at radius 1 is 0.857 bits per heavy atom. The van der Waals surface area contributed by atoms with Gasteiger partial charge in [-0.05, 0) is 0 Å². The van der Waals surface area contributed by atoms with E-state index in [2.05, 4.69) is 0 Å². The minimum absolute atomic E-state index is 0. The molecule has 0 aliphatic carbocycles. The van der Waals surface area contributed by atoms with Crippen molar-refractivity contribution in [3.63, 3.8) is 0 Å². The third-order valence-electron chi connectivity index (χ3n) is 0. The summed E-state index contributed by atoms with van der Waals surface area (Å²) in [6.07, 6.45) is 0. The van der Waals surface area contributed by atoms with E-state index in [0.717, 1.165) is 0 Å². The Balaban J connectivity index is -0.0000000800. The third-order valence-corrected chi connectivity index (χ3v) is 0. The first-order valence-electron chi connectivity index (χ1n) is 0.894. The van der Waals surface area contributed by atoms with Crippen LogP contribution in [0.4, 0.5) is 0 Å². The van der Waals surface area contributed by atoms with Crippen molar-refractivity contribution in [3.8, 4) is 0 Å². The molecule has 0 aromatic rings. The molecule has 0 atom stereocenters. The van der Waals surface area contributed by atoms with Gasteiger partial charge in [0.25, 0.3) is 0 Å². The monoisotopic (exact) mass is 264 g/mol. The van der Waals surface area contributed by atoms with Crippen molar-refractivity contribution >= 4 is 67.7 Å². The first kappa shape index (κ1) is 16.4. The zero-order valence-corrected chi connectivity index (χ0v) is 3.85. The Kier molecular flexibility index (Phi) is 16.0. The summed E-state index contributed by atoms with van der Waals surface area (Å²) in [5, 5.41) is 0. The van der Waals surface area contributed by atoms with E-state index in [-0.39, 0.29) is 67.7 Å². The Bertz CT molecular complexity index is 27.2. The topological polar surface area (TPSA) is 80.9 Å². The molecule has 0 aliphatic heterocycles. The number of hydrogen-bond acceptors (Lipinski definition) is 4. The van der Waals surface area contributed by atoms with Gasteiger partial charge in [-0.15, -0.1) is 0 Å². The molecule has 0 amide bonds. The molecule has 0 radical (unpaired) electrons. The molecular formula is H7BaLiO4Ti. The van der Waals surface area contributed by atoms with Crippen LogP contribution in [0.25, 0.3) is 0 Å². The van der Waals surface area contributed by atoms with Gasteiger partial charge >= 0.3 is 101 Å². The van der Waals surface area contributed by atoms with Crippen molar-refractivity contribution in [3.05, 3.63) is 0 Å². The van der Waals surface area contributed by atoms with E-state index in [4.69, 9.17) is 14.8 Å². The molecule has 0 unspecified atom stereocenters. The van der Waals surface area contributed by atoms with Crippen LogP contribution in [-0.2, 0) is 18.1 Å². The third kappa shape index (κ3) is 53.2. The van der Waals surface area contributed by atoms with Gasteiger partial charge in [0.1, 0.15) is 0 Å². The second kappa shape index (κ2) is 6.84. The van der Waals surface area contributed by atoms with Gasteiger partial charge in [-0.2, -0.15) is 0 Å². The SMILES string of the molecule is [BaH2].[LiH].[OH][Ti]([OH])([OH])[OH]. The van der Waals surface area contributed by atoms with Gasteiger partial charge in [-0.25, -0.2) is 0 Å². The van der Waals surface area contributed by atoms with E-state index in [1.807, 2.05) is 0 Å². The van der Waals surface area contributed by atoms with Gasteiger partial charge in [0.05, 0.1) is 0 Å². The van der Waals surface area contributed by atoms with Crippen LogP contribution in [0.5, 0.6) is 0 Å². The van der Waals surface area contributed by atoms with Crippen LogP contribution in [0.1, 0.15) is 0 Å². The van der Waals surface area contributed by atoms with Crippen molar-refractivity contribution in [2.75, 3.05) is 0 Å². The molecule has 0 bridgehead atoms. The Hall–Kier alpha value is 2.72. The summed E-state index contributed by atoms with van der Waals surface area (Å²) < 4.78 is 29.5. The maximum atomic E-state index is 7.38. The van der Waals surface area contributed by atoms with Crippen LogP contribution in [0.2, 0.25) is 0 Å². The predicted molar refractivity (Wildman–Crippen MR) is 24.6 cm³/mol. The Morgan fingerprint density at radius 3 is 0.857 bits per heavy atom. The molecule has 0 aliphatic rings. The molecule has 0 rings (SSSR count). The summed E-state index contributed by atoms with van der Waals surface area (Å²) in [5.74, 6) is 0. The van der Waals surface area contributed by atoms with Crippen molar-refractivity contribution in [2.45, 2.75) is 0 Å². The van der Waals surface area contributed by atoms with E-state index in [1.54, 1.807) is 0 Å². The second-order valence-electron chi connectivity index (χ2n) is 0.600. The van der Waals surface area contributed by atoms with Gasteiger partial charge in [-0.1, -0.05) is 0 Å². The average molecular weight is 263 g/mol. The first-order chi connectivity index (χ1) is 2.00. The van der Waals surface area contributed by atoms with Crippen molar-refractivity contribution in [1.82, 2.24) is 0 Å². The molecule has 0 heterocycles. The number of hydrogen-bond donors (Lipinski definition) is 4. The minimum atomic E-state index is -5.00. The quantitative estimate of drug-likeness (QED) is 0.338. The van der Waals surface area contributed by atoms with Crippen LogP contribution in [-0.4, -0.2) is 82.5 Å². The molecule has 0 aromatic heterocycles. The maximum absolute atomic E-state index is 7.38. The molecule has 4 N–H and O–H groups in total. The Morgan fingerprint density at radius 2 is 0.857 bits per heavy atom.